The maximum absolute atomic E-state index is 13.3. The van der Waals surface area contributed by atoms with Crippen molar-refractivity contribution in [2.45, 2.75) is 23.9 Å². The zero-order valence-electron chi connectivity index (χ0n) is 19.4. The van der Waals surface area contributed by atoms with Gasteiger partial charge >= 0.3 is 0 Å². The zero-order valence-corrected chi connectivity index (χ0v) is 21.8. The van der Waals surface area contributed by atoms with E-state index in [9.17, 15) is 14.5 Å². The van der Waals surface area contributed by atoms with Gasteiger partial charge in [0, 0.05) is 20.6 Å². The molecular weight excluding hydrogens is 551 g/mol. The summed E-state index contributed by atoms with van der Waals surface area (Å²) in [5.41, 5.74) is 2.22. The molecule has 1 atom stereocenters. The van der Waals surface area contributed by atoms with Crippen LogP contribution in [0.3, 0.4) is 0 Å². The van der Waals surface area contributed by atoms with Crippen LogP contribution < -0.4 is 9.47 Å². The predicted molar refractivity (Wildman–Crippen MR) is 138 cm³/mol. The Balaban J connectivity index is 1.66. The number of benzene rings is 3. The monoisotopic (exact) mass is 572 g/mol. The van der Waals surface area contributed by atoms with E-state index in [-0.39, 0.29) is 23.9 Å². The van der Waals surface area contributed by atoms with Gasteiger partial charge in [-0.15, -0.1) is 10.2 Å². The minimum atomic E-state index is -0.624. The first kappa shape index (κ1) is 25.6. The number of methoxy groups -OCH3 is 1. The number of ether oxygens (including phenoxy) is 2. The lowest BCUT2D eigenvalue weighted by Gasteiger charge is -2.18. The zero-order chi connectivity index (χ0) is 25.7. The average Bonchev–Trinajstić information content (AvgIpc) is 3.23. The standard InChI is InChI=1S/C25H22BrFN4O4S/c1-16-28-29-25(31(16)20-8-10-21(34-2)11-9-20)36-24(14-30(32)33)22-13-18(26)5-12-23(22)35-15-17-3-6-19(27)7-4-17/h3-13,24H,14-15H2,1-2H3/t24-/m1/s1. The third-order valence-electron chi connectivity index (χ3n) is 5.31. The quantitative estimate of drug-likeness (QED) is 0.127. The van der Waals surface area contributed by atoms with Gasteiger partial charge in [-0.05, 0) is 67.1 Å². The topological polar surface area (TPSA) is 92.3 Å². The maximum atomic E-state index is 13.3. The first-order chi connectivity index (χ1) is 17.3. The first-order valence-corrected chi connectivity index (χ1v) is 12.5. The molecule has 0 bridgehead atoms. The maximum Gasteiger partial charge on any atom is 0.220 e. The Labute approximate surface area is 219 Å². The molecule has 0 unspecified atom stereocenters. The van der Waals surface area contributed by atoms with E-state index < -0.39 is 5.25 Å². The first-order valence-electron chi connectivity index (χ1n) is 10.9. The molecule has 0 spiro atoms. The third-order valence-corrected chi connectivity index (χ3v) is 6.97. The molecule has 0 radical (unpaired) electrons. The van der Waals surface area contributed by atoms with Crippen LogP contribution in [0.2, 0.25) is 0 Å². The minimum Gasteiger partial charge on any atom is -0.497 e. The van der Waals surface area contributed by atoms with Crippen molar-refractivity contribution in [1.29, 1.82) is 0 Å². The Morgan fingerprint density at radius 2 is 1.83 bits per heavy atom. The van der Waals surface area contributed by atoms with Gasteiger partial charge in [-0.1, -0.05) is 39.8 Å². The number of rotatable bonds is 10. The molecule has 1 aromatic heterocycles. The molecule has 0 saturated carbocycles. The molecule has 4 aromatic rings. The fourth-order valence-electron chi connectivity index (χ4n) is 3.55. The van der Waals surface area contributed by atoms with Crippen molar-refractivity contribution in [2.75, 3.05) is 13.7 Å². The normalized spacial score (nSPS) is 11.8. The van der Waals surface area contributed by atoms with Crippen molar-refractivity contribution >= 4 is 27.7 Å². The lowest BCUT2D eigenvalue weighted by molar-refractivity contribution is -0.479. The number of aryl methyl sites for hydroxylation is 1. The van der Waals surface area contributed by atoms with Gasteiger partial charge in [0.25, 0.3) is 0 Å². The average molecular weight is 573 g/mol. The van der Waals surface area contributed by atoms with Crippen LogP contribution >= 0.6 is 27.7 Å². The highest BCUT2D eigenvalue weighted by atomic mass is 79.9. The van der Waals surface area contributed by atoms with Gasteiger partial charge in [-0.25, -0.2) is 4.39 Å². The Morgan fingerprint density at radius 1 is 1.11 bits per heavy atom. The van der Waals surface area contributed by atoms with Crippen molar-refractivity contribution in [3.8, 4) is 17.2 Å². The number of hydrogen-bond acceptors (Lipinski definition) is 7. The highest BCUT2D eigenvalue weighted by Gasteiger charge is 2.27. The van der Waals surface area contributed by atoms with Gasteiger partial charge in [0.2, 0.25) is 6.54 Å². The molecule has 0 saturated heterocycles. The van der Waals surface area contributed by atoms with E-state index in [1.54, 1.807) is 31.4 Å². The van der Waals surface area contributed by atoms with Crippen LogP contribution in [0, 0.1) is 22.9 Å². The molecule has 4 rings (SSSR count). The van der Waals surface area contributed by atoms with Crippen molar-refractivity contribution in [3.05, 3.63) is 104 Å². The summed E-state index contributed by atoms with van der Waals surface area (Å²) in [5, 5.41) is 20.0. The summed E-state index contributed by atoms with van der Waals surface area (Å²) in [4.78, 5) is 11.3. The number of hydrogen-bond donors (Lipinski definition) is 0. The van der Waals surface area contributed by atoms with Crippen LogP contribution in [0.15, 0.2) is 76.4 Å². The van der Waals surface area contributed by atoms with Gasteiger partial charge < -0.3 is 9.47 Å². The summed E-state index contributed by atoms with van der Waals surface area (Å²) >= 11 is 4.70. The second kappa shape index (κ2) is 11.5. The smallest absolute Gasteiger partial charge is 0.220 e. The molecule has 0 aliphatic rings. The molecule has 8 nitrogen and oxygen atoms in total. The molecule has 0 N–H and O–H groups in total. The molecular formula is C25H22BrFN4O4S. The number of halogens is 2. The van der Waals surface area contributed by atoms with E-state index in [0.717, 1.165) is 15.7 Å². The summed E-state index contributed by atoms with van der Waals surface area (Å²) in [6, 6.07) is 18.8. The van der Waals surface area contributed by atoms with Crippen molar-refractivity contribution in [2.24, 2.45) is 0 Å². The second-order valence-electron chi connectivity index (χ2n) is 7.78. The lowest BCUT2D eigenvalue weighted by atomic mass is 10.1. The molecule has 0 amide bonds. The second-order valence-corrected chi connectivity index (χ2v) is 9.87. The Bertz CT molecular complexity index is 1350. The summed E-state index contributed by atoms with van der Waals surface area (Å²) in [6.45, 7) is 1.65. The SMILES string of the molecule is COc1ccc(-n2c(C)nnc2S[C@H](C[N+](=O)[O-])c2cc(Br)ccc2OCc2ccc(F)cc2)cc1. The van der Waals surface area contributed by atoms with Gasteiger partial charge in [0.05, 0.1) is 7.11 Å². The van der Waals surface area contributed by atoms with Crippen LogP contribution in [0.25, 0.3) is 5.69 Å². The lowest BCUT2D eigenvalue weighted by Crippen LogP contribution is -2.12. The molecule has 11 heteroatoms. The van der Waals surface area contributed by atoms with E-state index >= 15 is 0 Å². The molecule has 186 valence electrons. The largest absolute Gasteiger partial charge is 0.497 e. The molecule has 36 heavy (non-hydrogen) atoms. The van der Waals surface area contributed by atoms with E-state index in [4.69, 9.17) is 9.47 Å². The Hall–Kier alpha value is -3.44. The van der Waals surface area contributed by atoms with Crippen LogP contribution in [-0.4, -0.2) is 33.3 Å². The Kier molecular flexibility index (Phi) is 8.21. The molecule has 0 aliphatic carbocycles. The summed E-state index contributed by atoms with van der Waals surface area (Å²) in [6.07, 6.45) is 0. The van der Waals surface area contributed by atoms with Gasteiger partial charge in [0.1, 0.15) is 35.0 Å². The number of nitrogens with zero attached hydrogens (tertiary/aromatic N) is 4. The molecule has 0 aliphatic heterocycles. The number of nitro groups is 1. The van der Waals surface area contributed by atoms with E-state index in [1.165, 1.54) is 23.9 Å². The fraction of sp³-hybridized carbons (Fsp3) is 0.200. The van der Waals surface area contributed by atoms with Crippen LogP contribution in [0.5, 0.6) is 11.5 Å². The highest BCUT2D eigenvalue weighted by Crippen LogP contribution is 2.41. The van der Waals surface area contributed by atoms with Crippen molar-refractivity contribution in [3.63, 3.8) is 0 Å². The van der Waals surface area contributed by atoms with Gasteiger partial charge in [0.15, 0.2) is 5.16 Å². The summed E-state index contributed by atoms with van der Waals surface area (Å²) < 4.78 is 27.1. The molecule has 0 fully saturated rings. The molecule has 1 heterocycles. The Morgan fingerprint density at radius 3 is 2.50 bits per heavy atom. The third kappa shape index (κ3) is 6.21. The van der Waals surface area contributed by atoms with Gasteiger partial charge in [-0.2, -0.15) is 0 Å². The highest BCUT2D eigenvalue weighted by molar-refractivity contribution is 9.10. The fourth-order valence-corrected chi connectivity index (χ4v) is 5.13. The van der Waals surface area contributed by atoms with Gasteiger partial charge in [-0.3, -0.25) is 14.7 Å². The molecule has 3 aromatic carbocycles. The summed E-state index contributed by atoms with van der Waals surface area (Å²) in [7, 11) is 1.59. The van der Waals surface area contributed by atoms with Crippen molar-refractivity contribution < 1.29 is 18.8 Å². The minimum absolute atomic E-state index is 0.186. The van der Waals surface area contributed by atoms with Crippen LogP contribution in [0.4, 0.5) is 4.39 Å². The number of thioether (sulfide) groups is 1. The van der Waals surface area contributed by atoms with Crippen LogP contribution in [-0.2, 0) is 6.61 Å². The summed E-state index contributed by atoms with van der Waals surface area (Å²) in [5.74, 6) is 1.52. The van der Waals surface area contributed by atoms with E-state index in [1.807, 2.05) is 41.8 Å². The predicted octanol–water partition coefficient (Wildman–Crippen LogP) is 6.18. The van der Waals surface area contributed by atoms with E-state index in [0.29, 0.717) is 28.0 Å². The van der Waals surface area contributed by atoms with E-state index in [2.05, 4.69) is 26.1 Å². The number of aromatic nitrogens is 3. The van der Waals surface area contributed by atoms with Crippen molar-refractivity contribution in [1.82, 2.24) is 14.8 Å². The van der Waals surface area contributed by atoms with Crippen LogP contribution in [0.1, 0.15) is 22.2 Å².